The standard InChI is InChI=1S/C21H21NO4/c23-19(17-4-8-20-21(15-17)26-14-13-25-20)7-3-16-1-5-18(6-2-16)22-9-11-24-12-10-22/h1-8,15H,9-14H2. The van der Waals surface area contributed by atoms with Gasteiger partial charge >= 0.3 is 0 Å². The number of carbonyl (C=O) groups is 1. The van der Waals surface area contributed by atoms with Crippen LogP contribution in [0.5, 0.6) is 11.5 Å². The van der Waals surface area contributed by atoms with E-state index in [9.17, 15) is 4.79 Å². The molecule has 0 saturated carbocycles. The molecule has 0 spiro atoms. The van der Waals surface area contributed by atoms with Crippen LogP contribution in [-0.2, 0) is 4.74 Å². The number of ketones is 1. The van der Waals surface area contributed by atoms with Crippen LogP contribution in [0, 0.1) is 0 Å². The molecule has 5 heteroatoms. The highest BCUT2D eigenvalue weighted by atomic mass is 16.6. The molecule has 0 amide bonds. The minimum atomic E-state index is -0.0563. The number of fused-ring (bicyclic) bond motifs is 1. The number of rotatable bonds is 4. The van der Waals surface area contributed by atoms with Crippen molar-refractivity contribution < 1.29 is 19.0 Å². The Morgan fingerprint density at radius 3 is 2.38 bits per heavy atom. The Morgan fingerprint density at radius 2 is 1.62 bits per heavy atom. The van der Waals surface area contributed by atoms with Gasteiger partial charge < -0.3 is 19.1 Å². The summed E-state index contributed by atoms with van der Waals surface area (Å²) in [6.07, 6.45) is 3.43. The first-order valence-corrected chi connectivity index (χ1v) is 8.84. The minimum absolute atomic E-state index is 0.0563. The molecule has 2 aromatic carbocycles. The van der Waals surface area contributed by atoms with E-state index in [1.54, 1.807) is 24.3 Å². The van der Waals surface area contributed by atoms with Crippen molar-refractivity contribution in [2.45, 2.75) is 0 Å². The maximum atomic E-state index is 12.4. The van der Waals surface area contributed by atoms with Gasteiger partial charge in [0.05, 0.1) is 13.2 Å². The van der Waals surface area contributed by atoms with Crippen molar-refractivity contribution in [1.29, 1.82) is 0 Å². The number of morpholine rings is 1. The van der Waals surface area contributed by atoms with Crippen LogP contribution >= 0.6 is 0 Å². The van der Waals surface area contributed by atoms with Crippen LogP contribution in [0.1, 0.15) is 15.9 Å². The Bertz CT molecular complexity index is 807. The van der Waals surface area contributed by atoms with Gasteiger partial charge in [-0.25, -0.2) is 0 Å². The zero-order valence-corrected chi connectivity index (χ0v) is 14.5. The van der Waals surface area contributed by atoms with Crippen LogP contribution in [0.3, 0.4) is 0 Å². The average Bonchev–Trinajstić information content (AvgIpc) is 2.72. The molecule has 1 saturated heterocycles. The SMILES string of the molecule is O=C(C=Cc1ccc(N2CCOCC2)cc1)c1ccc2c(c1)OCCO2. The molecule has 0 N–H and O–H groups in total. The average molecular weight is 351 g/mol. The van der Waals surface area contributed by atoms with Crippen molar-refractivity contribution in [2.24, 2.45) is 0 Å². The third-order valence-electron chi connectivity index (χ3n) is 4.52. The van der Waals surface area contributed by atoms with Crippen molar-refractivity contribution in [1.82, 2.24) is 0 Å². The van der Waals surface area contributed by atoms with Gasteiger partial charge in [0.2, 0.25) is 0 Å². The fourth-order valence-corrected chi connectivity index (χ4v) is 3.08. The molecule has 0 bridgehead atoms. The predicted molar refractivity (Wildman–Crippen MR) is 100 cm³/mol. The van der Waals surface area contributed by atoms with Crippen molar-refractivity contribution >= 4 is 17.5 Å². The molecule has 0 radical (unpaired) electrons. The molecular formula is C21H21NO4. The van der Waals surface area contributed by atoms with Crippen LogP contribution in [0.2, 0.25) is 0 Å². The van der Waals surface area contributed by atoms with E-state index >= 15 is 0 Å². The van der Waals surface area contributed by atoms with Crippen LogP contribution in [0.4, 0.5) is 5.69 Å². The Hall–Kier alpha value is -2.79. The second kappa shape index (κ2) is 7.62. The molecule has 2 aromatic rings. The number of allylic oxidation sites excluding steroid dienone is 1. The molecule has 2 aliphatic rings. The maximum absolute atomic E-state index is 12.4. The first-order valence-electron chi connectivity index (χ1n) is 8.84. The van der Waals surface area contributed by atoms with E-state index in [2.05, 4.69) is 17.0 Å². The summed E-state index contributed by atoms with van der Waals surface area (Å²) >= 11 is 0. The van der Waals surface area contributed by atoms with Crippen molar-refractivity contribution in [3.8, 4) is 11.5 Å². The van der Waals surface area contributed by atoms with Crippen LogP contribution in [-0.4, -0.2) is 45.3 Å². The molecule has 0 atom stereocenters. The first kappa shape index (κ1) is 16.7. The summed E-state index contributed by atoms with van der Waals surface area (Å²) in [6, 6.07) is 13.5. The van der Waals surface area contributed by atoms with Crippen LogP contribution < -0.4 is 14.4 Å². The van der Waals surface area contributed by atoms with Gasteiger partial charge in [-0.3, -0.25) is 4.79 Å². The molecule has 134 valence electrons. The van der Waals surface area contributed by atoms with E-state index in [0.717, 1.165) is 31.9 Å². The lowest BCUT2D eigenvalue weighted by molar-refractivity contribution is 0.104. The number of nitrogens with zero attached hydrogens (tertiary/aromatic N) is 1. The number of carbonyl (C=O) groups excluding carboxylic acids is 1. The summed E-state index contributed by atoms with van der Waals surface area (Å²) in [5.41, 5.74) is 2.77. The summed E-state index contributed by atoms with van der Waals surface area (Å²) in [6.45, 7) is 4.42. The van der Waals surface area contributed by atoms with Crippen molar-refractivity contribution in [3.05, 3.63) is 59.7 Å². The summed E-state index contributed by atoms with van der Waals surface area (Å²) in [5.74, 6) is 1.26. The molecule has 2 aliphatic heterocycles. The Labute approximate surface area is 152 Å². The van der Waals surface area contributed by atoms with Gasteiger partial charge in [-0.15, -0.1) is 0 Å². The summed E-state index contributed by atoms with van der Waals surface area (Å²) in [7, 11) is 0. The van der Waals surface area contributed by atoms with Gasteiger partial charge in [-0.05, 0) is 42.0 Å². The molecule has 4 rings (SSSR count). The molecule has 1 fully saturated rings. The summed E-state index contributed by atoms with van der Waals surface area (Å²) in [5, 5.41) is 0. The normalized spacial score (nSPS) is 16.7. The fourth-order valence-electron chi connectivity index (χ4n) is 3.08. The fraction of sp³-hybridized carbons (Fsp3) is 0.286. The highest BCUT2D eigenvalue weighted by molar-refractivity contribution is 6.07. The van der Waals surface area contributed by atoms with Crippen molar-refractivity contribution in [2.75, 3.05) is 44.4 Å². The Kier molecular flexibility index (Phi) is 4.88. The Morgan fingerprint density at radius 1 is 0.885 bits per heavy atom. The van der Waals surface area contributed by atoms with Gasteiger partial charge in [-0.1, -0.05) is 18.2 Å². The first-order chi connectivity index (χ1) is 12.8. The Balaban J connectivity index is 1.43. The second-order valence-electron chi connectivity index (χ2n) is 6.25. The molecule has 2 heterocycles. The van der Waals surface area contributed by atoms with Crippen LogP contribution in [0.15, 0.2) is 48.5 Å². The van der Waals surface area contributed by atoms with Gasteiger partial charge in [0.25, 0.3) is 0 Å². The summed E-state index contributed by atoms with van der Waals surface area (Å²) < 4.78 is 16.4. The number of hydrogen-bond acceptors (Lipinski definition) is 5. The smallest absolute Gasteiger partial charge is 0.185 e. The second-order valence-corrected chi connectivity index (χ2v) is 6.25. The number of hydrogen-bond donors (Lipinski definition) is 0. The number of benzene rings is 2. The third kappa shape index (κ3) is 3.73. The molecule has 0 unspecified atom stereocenters. The zero-order valence-electron chi connectivity index (χ0n) is 14.5. The highest BCUT2D eigenvalue weighted by Crippen LogP contribution is 2.31. The molecular weight excluding hydrogens is 330 g/mol. The lowest BCUT2D eigenvalue weighted by Gasteiger charge is -2.28. The third-order valence-corrected chi connectivity index (χ3v) is 4.52. The topological polar surface area (TPSA) is 48.0 Å². The lowest BCUT2D eigenvalue weighted by Crippen LogP contribution is -2.36. The van der Waals surface area contributed by atoms with Gasteiger partial charge in [0, 0.05) is 24.3 Å². The van der Waals surface area contributed by atoms with Gasteiger partial charge in [0.1, 0.15) is 13.2 Å². The van der Waals surface area contributed by atoms with E-state index in [1.165, 1.54) is 5.69 Å². The van der Waals surface area contributed by atoms with E-state index in [4.69, 9.17) is 14.2 Å². The monoisotopic (exact) mass is 351 g/mol. The quantitative estimate of drug-likeness (QED) is 0.625. The molecule has 0 aromatic heterocycles. The van der Waals surface area contributed by atoms with E-state index in [1.807, 2.05) is 18.2 Å². The van der Waals surface area contributed by atoms with Gasteiger partial charge in [0.15, 0.2) is 17.3 Å². The number of ether oxygens (including phenoxy) is 3. The summed E-state index contributed by atoms with van der Waals surface area (Å²) in [4.78, 5) is 14.7. The van der Waals surface area contributed by atoms with E-state index < -0.39 is 0 Å². The zero-order chi connectivity index (χ0) is 17.8. The maximum Gasteiger partial charge on any atom is 0.185 e. The lowest BCUT2D eigenvalue weighted by atomic mass is 10.1. The predicted octanol–water partition coefficient (Wildman–Crippen LogP) is 3.19. The van der Waals surface area contributed by atoms with Gasteiger partial charge in [-0.2, -0.15) is 0 Å². The number of anilines is 1. The van der Waals surface area contributed by atoms with E-state index in [0.29, 0.717) is 30.3 Å². The van der Waals surface area contributed by atoms with Crippen molar-refractivity contribution in [3.63, 3.8) is 0 Å². The molecule has 5 nitrogen and oxygen atoms in total. The van der Waals surface area contributed by atoms with Crippen LogP contribution in [0.25, 0.3) is 6.08 Å². The molecule has 26 heavy (non-hydrogen) atoms. The molecule has 0 aliphatic carbocycles. The van der Waals surface area contributed by atoms with E-state index in [-0.39, 0.29) is 5.78 Å². The highest BCUT2D eigenvalue weighted by Gasteiger charge is 2.14. The largest absolute Gasteiger partial charge is 0.486 e. The minimum Gasteiger partial charge on any atom is -0.486 e.